The molecule has 3 atom stereocenters. The normalized spacial score (nSPS) is 44.7. The van der Waals surface area contributed by atoms with Crippen LogP contribution in [0.2, 0.25) is 0 Å². The molecule has 1 saturated heterocycles. The lowest BCUT2D eigenvalue weighted by molar-refractivity contribution is -0.135. The van der Waals surface area contributed by atoms with Crippen molar-refractivity contribution in [2.24, 2.45) is 5.41 Å². The zero-order chi connectivity index (χ0) is 8.48. The SMILES string of the molecule is CC[C@@]1(C)CO[C@@H](OC)[C@@H]1O. The highest BCUT2D eigenvalue weighted by atomic mass is 16.7. The average Bonchev–Trinajstić information content (AvgIpc) is 2.31. The molecule has 0 spiro atoms. The molecular weight excluding hydrogens is 144 g/mol. The summed E-state index contributed by atoms with van der Waals surface area (Å²) in [5, 5.41) is 9.66. The van der Waals surface area contributed by atoms with E-state index < -0.39 is 12.4 Å². The van der Waals surface area contributed by atoms with E-state index in [0.29, 0.717) is 6.61 Å². The number of methoxy groups -OCH3 is 1. The third-order valence-corrected chi connectivity index (χ3v) is 2.59. The van der Waals surface area contributed by atoms with E-state index in [1.165, 1.54) is 0 Å². The maximum Gasteiger partial charge on any atom is 0.183 e. The highest BCUT2D eigenvalue weighted by molar-refractivity contribution is 4.88. The quantitative estimate of drug-likeness (QED) is 0.648. The van der Waals surface area contributed by atoms with Crippen LogP contribution in [0.15, 0.2) is 0 Å². The zero-order valence-electron chi connectivity index (χ0n) is 7.33. The molecule has 0 saturated carbocycles. The van der Waals surface area contributed by atoms with Crippen LogP contribution in [0.1, 0.15) is 20.3 Å². The number of ether oxygens (including phenoxy) is 2. The molecule has 3 heteroatoms. The second-order valence-corrected chi connectivity index (χ2v) is 3.37. The second-order valence-electron chi connectivity index (χ2n) is 3.37. The van der Waals surface area contributed by atoms with Crippen molar-refractivity contribution in [3.05, 3.63) is 0 Å². The highest BCUT2D eigenvalue weighted by Gasteiger charge is 2.44. The maximum absolute atomic E-state index is 9.66. The Kier molecular flexibility index (Phi) is 2.52. The van der Waals surface area contributed by atoms with Crippen LogP contribution in [-0.2, 0) is 9.47 Å². The summed E-state index contributed by atoms with van der Waals surface area (Å²) >= 11 is 0. The Morgan fingerprint density at radius 2 is 2.36 bits per heavy atom. The van der Waals surface area contributed by atoms with E-state index in [1.807, 2.05) is 13.8 Å². The van der Waals surface area contributed by atoms with Crippen molar-refractivity contribution in [3.8, 4) is 0 Å². The number of hydrogen-bond donors (Lipinski definition) is 1. The Morgan fingerprint density at radius 3 is 2.64 bits per heavy atom. The minimum atomic E-state index is -0.488. The van der Waals surface area contributed by atoms with Gasteiger partial charge in [-0.1, -0.05) is 13.8 Å². The molecule has 66 valence electrons. The number of aliphatic hydroxyl groups excluding tert-OH is 1. The minimum absolute atomic E-state index is 0.124. The number of rotatable bonds is 2. The van der Waals surface area contributed by atoms with Crippen molar-refractivity contribution in [2.75, 3.05) is 13.7 Å². The van der Waals surface area contributed by atoms with E-state index in [4.69, 9.17) is 9.47 Å². The van der Waals surface area contributed by atoms with Crippen LogP contribution in [0.4, 0.5) is 0 Å². The van der Waals surface area contributed by atoms with Gasteiger partial charge in [0.15, 0.2) is 6.29 Å². The molecule has 11 heavy (non-hydrogen) atoms. The van der Waals surface area contributed by atoms with Gasteiger partial charge in [-0.3, -0.25) is 0 Å². The summed E-state index contributed by atoms with van der Waals surface area (Å²) in [5.41, 5.74) is -0.124. The van der Waals surface area contributed by atoms with Gasteiger partial charge >= 0.3 is 0 Å². The van der Waals surface area contributed by atoms with Gasteiger partial charge in [-0.15, -0.1) is 0 Å². The fourth-order valence-corrected chi connectivity index (χ4v) is 1.29. The van der Waals surface area contributed by atoms with E-state index in [0.717, 1.165) is 6.42 Å². The molecule has 0 aliphatic carbocycles. The summed E-state index contributed by atoms with van der Waals surface area (Å²) < 4.78 is 10.2. The standard InChI is InChI=1S/C8H16O3/c1-4-8(2)5-11-7(10-3)6(8)9/h6-7,9H,4-5H2,1-3H3/t6-,7+,8-/m0/s1. The summed E-state index contributed by atoms with van der Waals surface area (Å²) in [4.78, 5) is 0. The van der Waals surface area contributed by atoms with E-state index in [1.54, 1.807) is 7.11 Å². The first-order valence-corrected chi connectivity index (χ1v) is 3.96. The van der Waals surface area contributed by atoms with Gasteiger partial charge in [0.25, 0.3) is 0 Å². The molecule has 1 N–H and O–H groups in total. The summed E-state index contributed by atoms with van der Waals surface area (Å²) in [6.07, 6.45) is -0.00829. The third kappa shape index (κ3) is 1.41. The molecule has 1 fully saturated rings. The van der Waals surface area contributed by atoms with Gasteiger partial charge in [-0.05, 0) is 6.42 Å². The molecule has 1 heterocycles. The molecule has 0 amide bonds. The van der Waals surface area contributed by atoms with Gasteiger partial charge in [0, 0.05) is 12.5 Å². The summed E-state index contributed by atoms with van der Waals surface area (Å²) in [5.74, 6) is 0. The van der Waals surface area contributed by atoms with E-state index >= 15 is 0 Å². The molecular formula is C8H16O3. The molecule has 0 aromatic carbocycles. The first-order valence-electron chi connectivity index (χ1n) is 3.96. The lowest BCUT2D eigenvalue weighted by Gasteiger charge is -2.24. The van der Waals surface area contributed by atoms with Crippen molar-refractivity contribution < 1.29 is 14.6 Å². The highest BCUT2D eigenvalue weighted by Crippen LogP contribution is 2.35. The van der Waals surface area contributed by atoms with Crippen LogP contribution in [-0.4, -0.2) is 31.2 Å². The predicted molar refractivity (Wildman–Crippen MR) is 41.2 cm³/mol. The minimum Gasteiger partial charge on any atom is -0.387 e. The zero-order valence-corrected chi connectivity index (χ0v) is 7.33. The van der Waals surface area contributed by atoms with E-state index in [2.05, 4.69) is 0 Å². The molecule has 0 aromatic heterocycles. The largest absolute Gasteiger partial charge is 0.387 e. The Hall–Kier alpha value is -0.120. The van der Waals surface area contributed by atoms with Gasteiger partial charge in [0.2, 0.25) is 0 Å². The van der Waals surface area contributed by atoms with Gasteiger partial charge in [-0.25, -0.2) is 0 Å². The van der Waals surface area contributed by atoms with Crippen molar-refractivity contribution in [2.45, 2.75) is 32.7 Å². The van der Waals surface area contributed by atoms with Crippen molar-refractivity contribution in [1.29, 1.82) is 0 Å². The Labute approximate surface area is 67.3 Å². The molecule has 0 aromatic rings. The Balaban J connectivity index is 2.61. The predicted octanol–water partition coefficient (Wildman–Crippen LogP) is 0.766. The van der Waals surface area contributed by atoms with Crippen LogP contribution in [0.25, 0.3) is 0 Å². The average molecular weight is 160 g/mol. The number of aliphatic hydroxyl groups is 1. The van der Waals surface area contributed by atoms with Gasteiger partial charge in [0.05, 0.1) is 6.61 Å². The number of hydrogen-bond acceptors (Lipinski definition) is 3. The first-order chi connectivity index (χ1) is 5.14. The summed E-state index contributed by atoms with van der Waals surface area (Å²) in [6.45, 7) is 4.64. The Bertz CT molecular complexity index is 137. The topological polar surface area (TPSA) is 38.7 Å². The van der Waals surface area contributed by atoms with Gasteiger partial charge in [-0.2, -0.15) is 0 Å². The Morgan fingerprint density at radius 1 is 1.73 bits per heavy atom. The molecule has 1 rings (SSSR count). The van der Waals surface area contributed by atoms with E-state index in [9.17, 15) is 5.11 Å². The van der Waals surface area contributed by atoms with Crippen molar-refractivity contribution in [1.82, 2.24) is 0 Å². The second kappa shape index (κ2) is 3.09. The molecule has 0 unspecified atom stereocenters. The third-order valence-electron chi connectivity index (χ3n) is 2.59. The van der Waals surface area contributed by atoms with Crippen LogP contribution in [0, 0.1) is 5.41 Å². The maximum atomic E-state index is 9.66. The van der Waals surface area contributed by atoms with Crippen LogP contribution >= 0.6 is 0 Å². The molecule has 0 radical (unpaired) electrons. The smallest absolute Gasteiger partial charge is 0.183 e. The fourth-order valence-electron chi connectivity index (χ4n) is 1.29. The lowest BCUT2D eigenvalue weighted by Crippen LogP contribution is -2.35. The van der Waals surface area contributed by atoms with E-state index in [-0.39, 0.29) is 5.41 Å². The first kappa shape index (κ1) is 8.97. The van der Waals surface area contributed by atoms with Crippen molar-refractivity contribution in [3.63, 3.8) is 0 Å². The summed E-state index contributed by atoms with van der Waals surface area (Å²) in [7, 11) is 1.55. The van der Waals surface area contributed by atoms with Crippen LogP contribution < -0.4 is 0 Å². The van der Waals surface area contributed by atoms with Gasteiger partial charge < -0.3 is 14.6 Å². The lowest BCUT2D eigenvalue weighted by atomic mass is 9.84. The molecule has 0 bridgehead atoms. The van der Waals surface area contributed by atoms with Crippen molar-refractivity contribution >= 4 is 0 Å². The molecule has 1 aliphatic rings. The van der Waals surface area contributed by atoms with Crippen LogP contribution in [0.5, 0.6) is 0 Å². The molecule has 1 aliphatic heterocycles. The van der Waals surface area contributed by atoms with Gasteiger partial charge in [0.1, 0.15) is 6.10 Å². The molecule has 3 nitrogen and oxygen atoms in total. The monoisotopic (exact) mass is 160 g/mol. The summed E-state index contributed by atoms with van der Waals surface area (Å²) in [6, 6.07) is 0. The van der Waals surface area contributed by atoms with Crippen LogP contribution in [0.3, 0.4) is 0 Å². The fraction of sp³-hybridized carbons (Fsp3) is 1.00.